The molecule has 3 nitrogen and oxygen atoms in total. The highest BCUT2D eigenvalue weighted by molar-refractivity contribution is 5.80. The summed E-state index contributed by atoms with van der Waals surface area (Å²) in [5.74, 6) is 0.159. The molecule has 18 heavy (non-hydrogen) atoms. The van der Waals surface area contributed by atoms with Gasteiger partial charge in [0.25, 0.3) is 0 Å². The first-order valence-electron chi connectivity index (χ1n) is 7.14. The molecule has 0 aromatic carbocycles. The van der Waals surface area contributed by atoms with E-state index in [4.69, 9.17) is 0 Å². The third-order valence-corrected chi connectivity index (χ3v) is 4.17. The molecule has 0 aromatic rings. The summed E-state index contributed by atoms with van der Waals surface area (Å²) in [7, 11) is 0. The zero-order valence-corrected chi connectivity index (χ0v) is 11.0. The Hall–Kier alpha value is -1.30. The molecule has 1 atom stereocenters. The quantitative estimate of drug-likeness (QED) is 0.601. The summed E-state index contributed by atoms with van der Waals surface area (Å²) < 4.78 is 0. The van der Waals surface area contributed by atoms with Crippen LogP contribution >= 0.6 is 0 Å². The van der Waals surface area contributed by atoms with Gasteiger partial charge < -0.3 is 5.32 Å². The smallest absolute Gasteiger partial charge is 0.224 e. The Balaban J connectivity index is 1.98. The molecule has 0 bridgehead atoms. The average Bonchev–Trinajstić information content (AvgIpc) is 2.66. The molecule has 0 radical (unpaired) electrons. The second kappa shape index (κ2) is 6.04. The Labute approximate surface area is 109 Å². The van der Waals surface area contributed by atoms with Crippen LogP contribution in [0.25, 0.3) is 0 Å². The molecule has 1 unspecified atom stereocenters. The molecule has 1 fully saturated rings. The first-order chi connectivity index (χ1) is 8.76. The molecular formula is C15H22N2O. The number of amides is 1. The molecule has 2 aliphatic carbocycles. The van der Waals surface area contributed by atoms with Gasteiger partial charge in [-0.05, 0) is 32.1 Å². The molecule has 1 saturated carbocycles. The Morgan fingerprint density at radius 3 is 2.50 bits per heavy atom. The van der Waals surface area contributed by atoms with Gasteiger partial charge in [-0.15, -0.1) is 0 Å². The van der Waals surface area contributed by atoms with E-state index in [-0.39, 0.29) is 11.8 Å². The maximum atomic E-state index is 12.2. The predicted molar refractivity (Wildman–Crippen MR) is 70.7 cm³/mol. The van der Waals surface area contributed by atoms with Crippen molar-refractivity contribution in [3.05, 3.63) is 12.2 Å². The van der Waals surface area contributed by atoms with Gasteiger partial charge in [-0.3, -0.25) is 4.79 Å². The van der Waals surface area contributed by atoms with Crippen LogP contribution in [0.5, 0.6) is 0 Å². The Morgan fingerprint density at radius 1 is 1.22 bits per heavy atom. The Morgan fingerprint density at radius 2 is 1.94 bits per heavy atom. The van der Waals surface area contributed by atoms with Gasteiger partial charge >= 0.3 is 0 Å². The third kappa shape index (κ3) is 3.13. The first-order valence-corrected chi connectivity index (χ1v) is 7.14. The summed E-state index contributed by atoms with van der Waals surface area (Å²) in [6.45, 7) is 0. The van der Waals surface area contributed by atoms with Crippen LogP contribution in [-0.4, -0.2) is 11.4 Å². The zero-order chi connectivity index (χ0) is 12.8. The number of allylic oxidation sites excluding steroid dienone is 2. The number of nitrogens with one attached hydrogen (secondary N) is 1. The fourth-order valence-corrected chi connectivity index (χ4v) is 2.97. The molecule has 0 saturated heterocycles. The number of hydrogen-bond donors (Lipinski definition) is 1. The molecule has 98 valence electrons. The van der Waals surface area contributed by atoms with E-state index in [1.54, 1.807) is 0 Å². The van der Waals surface area contributed by atoms with Gasteiger partial charge in [-0.1, -0.05) is 37.8 Å². The van der Waals surface area contributed by atoms with Crippen LogP contribution in [0.1, 0.15) is 57.8 Å². The summed E-state index contributed by atoms with van der Waals surface area (Å²) in [5, 5.41) is 12.5. The highest BCUT2D eigenvalue weighted by Gasteiger charge is 2.34. The molecule has 0 aliphatic heterocycles. The van der Waals surface area contributed by atoms with Crippen molar-refractivity contribution in [2.75, 3.05) is 0 Å². The zero-order valence-electron chi connectivity index (χ0n) is 11.0. The van der Waals surface area contributed by atoms with Crippen molar-refractivity contribution >= 4 is 5.91 Å². The molecule has 2 aliphatic rings. The minimum Gasteiger partial charge on any atom is -0.338 e. The summed E-state index contributed by atoms with van der Waals surface area (Å²) in [5.41, 5.74) is -0.589. The van der Waals surface area contributed by atoms with E-state index >= 15 is 0 Å². The summed E-state index contributed by atoms with van der Waals surface area (Å²) in [4.78, 5) is 12.2. The summed E-state index contributed by atoms with van der Waals surface area (Å²) >= 11 is 0. The third-order valence-electron chi connectivity index (χ3n) is 4.17. The van der Waals surface area contributed by atoms with E-state index in [0.29, 0.717) is 0 Å². The largest absolute Gasteiger partial charge is 0.338 e. The Bertz CT molecular complexity index is 359. The molecule has 1 N–H and O–H groups in total. The van der Waals surface area contributed by atoms with E-state index in [1.807, 2.05) is 0 Å². The van der Waals surface area contributed by atoms with Crippen LogP contribution in [0, 0.1) is 17.2 Å². The lowest BCUT2D eigenvalue weighted by molar-refractivity contribution is -0.126. The van der Waals surface area contributed by atoms with Crippen molar-refractivity contribution in [3.63, 3.8) is 0 Å². The first kappa shape index (κ1) is 13.1. The van der Waals surface area contributed by atoms with Crippen LogP contribution in [-0.2, 0) is 4.79 Å². The second-order valence-electron chi connectivity index (χ2n) is 5.58. The summed E-state index contributed by atoms with van der Waals surface area (Å²) in [6, 6.07) is 2.38. The molecular weight excluding hydrogens is 224 g/mol. The average molecular weight is 246 g/mol. The number of nitrogens with zero attached hydrogens (tertiary/aromatic N) is 1. The van der Waals surface area contributed by atoms with Gasteiger partial charge in [-0.25, -0.2) is 0 Å². The lowest BCUT2D eigenvalue weighted by Gasteiger charge is -2.29. The van der Waals surface area contributed by atoms with Crippen LogP contribution in [0.3, 0.4) is 0 Å². The number of carbonyl (C=O) groups is 1. The maximum Gasteiger partial charge on any atom is 0.224 e. The van der Waals surface area contributed by atoms with Crippen molar-refractivity contribution in [1.82, 2.24) is 5.32 Å². The topological polar surface area (TPSA) is 52.9 Å². The van der Waals surface area contributed by atoms with Gasteiger partial charge in [0.1, 0.15) is 5.54 Å². The molecule has 0 heterocycles. The highest BCUT2D eigenvalue weighted by Crippen LogP contribution is 2.28. The van der Waals surface area contributed by atoms with Crippen molar-refractivity contribution in [2.45, 2.75) is 63.3 Å². The van der Waals surface area contributed by atoms with Crippen molar-refractivity contribution in [1.29, 1.82) is 5.26 Å². The number of rotatable bonds is 2. The van der Waals surface area contributed by atoms with E-state index in [9.17, 15) is 10.1 Å². The van der Waals surface area contributed by atoms with Gasteiger partial charge in [0.15, 0.2) is 0 Å². The second-order valence-corrected chi connectivity index (χ2v) is 5.58. The highest BCUT2D eigenvalue weighted by atomic mass is 16.2. The van der Waals surface area contributed by atoms with Crippen molar-refractivity contribution in [2.24, 2.45) is 5.92 Å². The van der Waals surface area contributed by atoms with E-state index in [2.05, 4.69) is 23.5 Å². The molecule has 2 rings (SSSR count). The monoisotopic (exact) mass is 246 g/mol. The summed E-state index contributed by atoms with van der Waals surface area (Å²) in [6.07, 6.45) is 13.1. The SMILES string of the molecule is N#CC1(NC(=O)C2CC=CCC2)CCCCCC1. The fraction of sp³-hybridized carbons (Fsp3) is 0.733. The number of hydrogen-bond acceptors (Lipinski definition) is 2. The lowest BCUT2D eigenvalue weighted by atomic mass is 9.88. The van der Waals surface area contributed by atoms with Gasteiger partial charge in [0.2, 0.25) is 5.91 Å². The van der Waals surface area contributed by atoms with Crippen LogP contribution < -0.4 is 5.32 Å². The minimum absolute atomic E-state index is 0.0727. The standard InChI is InChI=1S/C15H22N2O/c16-12-15(10-6-1-2-7-11-15)17-14(18)13-8-4-3-5-9-13/h3-4,13H,1-2,5-11H2,(H,17,18). The van der Waals surface area contributed by atoms with Crippen LogP contribution in [0.2, 0.25) is 0 Å². The minimum atomic E-state index is -0.589. The van der Waals surface area contributed by atoms with Crippen molar-refractivity contribution < 1.29 is 4.79 Å². The fourth-order valence-electron chi connectivity index (χ4n) is 2.97. The van der Waals surface area contributed by atoms with Gasteiger partial charge in [0.05, 0.1) is 6.07 Å². The van der Waals surface area contributed by atoms with Gasteiger partial charge in [0, 0.05) is 5.92 Å². The van der Waals surface area contributed by atoms with Crippen LogP contribution in [0.4, 0.5) is 0 Å². The number of nitriles is 1. The molecule has 1 amide bonds. The Kier molecular flexibility index (Phi) is 4.41. The number of carbonyl (C=O) groups excluding carboxylic acids is 1. The normalized spacial score (nSPS) is 26.9. The van der Waals surface area contributed by atoms with E-state index in [0.717, 1.165) is 44.9 Å². The van der Waals surface area contributed by atoms with Crippen LogP contribution in [0.15, 0.2) is 12.2 Å². The molecule has 3 heteroatoms. The molecule has 0 spiro atoms. The predicted octanol–water partition coefficient (Wildman–Crippen LogP) is 3.08. The maximum absolute atomic E-state index is 12.2. The molecule has 0 aromatic heterocycles. The van der Waals surface area contributed by atoms with E-state index in [1.165, 1.54) is 12.8 Å². The lowest BCUT2D eigenvalue weighted by Crippen LogP contribution is -2.49. The van der Waals surface area contributed by atoms with E-state index < -0.39 is 5.54 Å². The van der Waals surface area contributed by atoms with Gasteiger partial charge in [-0.2, -0.15) is 5.26 Å². The van der Waals surface area contributed by atoms with Crippen molar-refractivity contribution in [3.8, 4) is 6.07 Å².